The highest BCUT2D eigenvalue weighted by Crippen LogP contribution is 2.28. The van der Waals surface area contributed by atoms with Gasteiger partial charge in [-0.15, -0.1) is 0 Å². The molecule has 0 bridgehead atoms. The molecule has 0 spiro atoms. The molecule has 1 aromatic rings. The maximum Gasteiger partial charge on any atom is 0.433 e. The van der Waals surface area contributed by atoms with Crippen LogP contribution in [-0.2, 0) is 11.0 Å². The molecule has 0 aliphatic rings. The minimum Gasteiger partial charge on any atom is -0.481 e. The quantitative estimate of drug-likeness (QED) is 0.920. The summed E-state index contributed by atoms with van der Waals surface area (Å²) in [5.74, 6) is -1.63. The number of rotatable bonds is 4. The third-order valence-electron chi connectivity index (χ3n) is 2.61. The first-order chi connectivity index (χ1) is 9.12. The van der Waals surface area contributed by atoms with Crippen LogP contribution in [0.4, 0.5) is 13.2 Å². The van der Waals surface area contributed by atoms with Gasteiger partial charge in [0, 0.05) is 13.6 Å². The molecular formula is C12H13F3N2O3. The third-order valence-corrected chi connectivity index (χ3v) is 2.61. The molecule has 0 atom stereocenters. The number of aliphatic carboxylic acids is 1. The van der Waals surface area contributed by atoms with Gasteiger partial charge < -0.3 is 10.0 Å². The molecule has 20 heavy (non-hydrogen) atoms. The highest BCUT2D eigenvalue weighted by molar-refractivity contribution is 5.95. The Morgan fingerprint density at radius 3 is 2.40 bits per heavy atom. The summed E-state index contributed by atoms with van der Waals surface area (Å²) in [5, 5.41) is 8.52. The lowest BCUT2D eigenvalue weighted by Crippen LogP contribution is -2.30. The molecule has 1 heterocycles. The molecule has 110 valence electrons. The first-order valence-corrected chi connectivity index (χ1v) is 5.65. The zero-order valence-electron chi connectivity index (χ0n) is 10.9. The number of carboxylic acids is 1. The molecule has 1 amide bonds. The monoisotopic (exact) mass is 290 g/mol. The Balaban J connectivity index is 2.92. The molecule has 0 unspecified atom stereocenters. The van der Waals surface area contributed by atoms with Crippen molar-refractivity contribution in [2.45, 2.75) is 19.5 Å². The Kier molecular flexibility index (Phi) is 4.69. The van der Waals surface area contributed by atoms with Gasteiger partial charge in [0.2, 0.25) is 0 Å². The van der Waals surface area contributed by atoms with E-state index in [0.717, 1.165) is 17.0 Å². The van der Waals surface area contributed by atoms with Crippen LogP contribution in [0.1, 0.15) is 28.2 Å². The average molecular weight is 290 g/mol. The number of amides is 1. The van der Waals surface area contributed by atoms with Crippen LogP contribution >= 0.6 is 0 Å². The molecule has 1 aromatic heterocycles. The summed E-state index contributed by atoms with van der Waals surface area (Å²) < 4.78 is 37.3. The van der Waals surface area contributed by atoms with E-state index in [0.29, 0.717) is 0 Å². The van der Waals surface area contributed by atoms with Crippen LogP contribution in [-0.4, -0.2) is 40.5 Å². The summed E-state index contributed by atoms with van der Waals surface area (Å²) in [5.41, 5.74) is -1.10. The van der Waals surface area contributed by atoms with Crippen molar-refractivity contribution in [1.29, 1.82) is 0 Å². The highest BCUT2D eigenvalue weighted by atomic mass is 19.4. The van der Waals surface area contributed by atoms with Crippen molar-refractivity contribution >= 4 is 11.9 Å². The van der Waals surface area contributed by atoms with E-state index in [2.05, 4.69) is 4.98 Å². The minimum atomic E-state index is -4.57. The summed E-state index contributed by atoms with van der Waals surface area (Å²) in [4.78, 5) is 26.8. The second-order valence-electron chi connectivity index (χ2n) is 4.20. The van der Waals surface area contributed by atoms with Crippen molar-refractivity contribution in [2.75, 3.05) is 13.6 Å². The number of aryl methyl sites for hydroxylation is 1. The lowest BCUT2D eigenvalue weighted by atomic mass is 10.1. The second kappa shape index (κ2) is 5.89. The topological polar surface area (TPSA) is 70.5 Å². The minimum absolute atomic E-state index is 0.0193. The van der Waals surface area contributed by atoms with E-state index < -0.39 is 23.7 Å². The molecule has 0 aromatic carbocycles. The molecular weight excluding hydrogens is 277 g/mol. The van der Waals surface area contributed by atoms with E-state index in [9.17, 15) is 22.8 Å². The molecule has 0 saturated heterocycles. The Hall–Kier alpha value is -2.12. The normalized spacial score (nSPS) is 11.2. The zero-order valence-corrected chi connectivity index (χ0v) is 10.9. The summed E-state index contributed by atoms with van der Waals surface area (Å²) >= 11 is 0. The third kappa shape index (κ3) is 3.94. The van der Waals surface area contributed by atoms with Crippen molar-refractivity contribution in [1.82, 2.24) is 9.88 Å². The van der Waals surface area contributed by atoms with Crippen LogP contribution in [0.15, 0.2) is 12.1 Å². The fraction of sp³-hybridized carbons (Fsp3) is 0.417. The lowest BCUT2D eigenvalue weighted by Gasteiger charge is -2.17. The molecule has 0 aliphatic heterocycles. The fourth-order valence-corrected chi connectivity index (χ4v) is 1.52. The van der Waals surface area contributed by atoms with E-state index in [1.165, 1.54) is 14.0 Å². The maximum atomic E-state index is 12.4. The highest BCUT2D eigenvalue weighted by Gasteiger charge is 2.33. The number of aromatic nitrogens is 1. The number of carbonyl (C=O) groups excluding carboxylic acids is 1. The maximum absolute atomic E-state index is 12.4. The first kappa shape index (κ1) is 15.9. The number of pyridine rings is 1. The number of hydrogen-bond donors (Lipinski definition) is 1. The lowest BCUT2D eigenvalue weighted by molar-refractivity contribution is -0.141. The van der Waals surface area contributed by atoms with E-state index >= 15 is 0 Å². The van der Waals surface area contributed by atoms with Gasteiger partial charge in [0.1, 0.15) is 5.69 Å². The molecule has 8 heteroatoms. The Morgan fingerprint density at radius 1 is 1.35 bits per heavy atom. The number of halogens is 3. The van der Waals surface area contributed by atoms with E-state index in [1.807, 2.05) is 0 Å². The zero-order chi connectivity index (χ0) is 15.5. The average Bonchev–Trinajstić information content (AvgIpc) is 2.33. The second-order valence-corrected chi connectivity index (χ2v) is 4.20. The van der Waals surface area contributed by atoms with Gasteiger partial charge in [0.15, 0.2) is 0 Å². The van der Waals surface area contributed by atoms with Crippen molar-refractivity contribution in [2.24, 2.45) is 0 Å². The molecule has 0 aliphatic carbocycles. The summed E-state index contributed by atoms with van der Waals surface area (Å²) in [6.07, 6.45) is -4.81. The van der Waals surface area contributed by atoms with E-state index in [-0.39, 0.29) is 24.2 Å². The standard InChI is InChI=1S/C12H13F3N2O3/c1-7-8(3-4-9(16-7)12(13,14)15)11(20)17(2)6-5-10(18)19/h3-4H,5-6H2,1-2H3,(H,18,19). The van der Waals surface area contributed by atoms with Crippen molar-refractivity contribution in [3.8, 4) is 0 Å². The van der Waals surface area contributed by atoms with Crippen LogP contribution in [0.3, 0.4) is 0 Å². The van der Waals surface area contributed by atoms with Gasteiger partial charge in [-0.05, 0) is 19.1 Å². The van der Waals surface area contributed by atoms with E-state index in [1.54, 1.807) is 0 Å². The summed E-state index contributed by atoms with van der Waals surface area (Å²) in [6.45, 7) is 1.27. The van der Waals surface area contributed by atoms with Gasteiger partial charge >= 0.3 is 12.1 Å². The molecule has 0 fully saturated rings. The number of carboxylic acid groups (broad SMARTS) is 1. The number of carbonyl (C=O) groups is 2. The Labute approximate surface area is 113 Å². The van der Waals surface area contributed by atoms with Gasteiger partial charge in [-0.25, -0.2) is 4.98 Å². The predicted octanol–water partition coefficient (Wildman–Crippen LogP) is 1.96. The summed E-state index contributed by atoms with van der Waals surface area (Å²) in [6, 6.07) is 1.77. The van der Waals surface area contributed by atoms with Gasteiger partial charge in [0.25, 0.3) is 5.91 Å². The molecule has 0 saturated carbocycles. The summed E-state index contributed by atoms with van der Waals surface area (Å²) in [7, 11) is 1.38. The Bertz CT molecular complexity index is 529. The number of nitrogens with zero attached hydrogens (tertiary/aromatic N) is 2. The van der Waals surface area contributed by atoms with Gasteiger partial charge in [-0.3, -0.25) is 9.59 Å². The van der Waals surface area contributed by atoms with Gasteiger partial charge in [-0.2, -0.15) is 13.2 Å². The van der Waals surface area contributed by atoms with Crippen molar-refractivity contribution in [3.63, 3.8) is 0 Å². The van der Waals surface area contributed by atoms with Crippen LogP contribution in [0.2, 0.25) is 0 Å². The largest absolute Gasteiger partial charge is 0.481 e. The molecule has 5 nitrogen and oxygen atoms in total. The predicted molar refractivity (Wildman–Crippen MR) is 63.2 cm³/mol. The van der Waals surface area contributed by atoms with Crippen LogP contribution in [0.5, 0.6) is 0 Å². The molecule has 1 N–H and O–H groups in total. The molecule has 1 rings (SSSR count). The van der Waals surface area contributed by atoms with Crippen LogP contribution in [0.25, 0.3) is 0 Å². The van der Waals surface area contributed by atoms with Crippen molar-refractivity contribution in [3.05, 3.63) is 29.1 Å². The number of hydrogen-bond acceptors (Lipinski definition) is 3. The van der Waals surface area contributed by atoms with Gasteiger partial charge in [0.05, 0.1) is 17.7 Å². The van der Waals surface area contributed by atoms with Crippen LogP contribution < -0.4 is 0 Å². The van der Waals surface area contributed by atoms with Crippen molar-refractivity contribution < 1.29 is 27.9 Å². The van der Waals surface area contributed by atoms with Crippen LogP contribution in [0, 0.1) is 6.92 Å². The fourth-order valence-electron chi connectivity index (χ4n) is 1.52. The smallest absolute Gasteiger partial charge is 0.433 e. The SMILES string of the molecule is Cc1nc(C(F)(F)F)ccc1C(=O)N(C)CCC(=O)O. The number of alkyl halides is 3. The van der Waals surface area contributed by atoms with E-state index in [4.69, 9.17) is 5.11 Å². The molecule has 0 radical (unpaired) electrons. The Morgan fingerprint density at radius 2 is 1.95 bits per heavy atom. The van der Waals surface area contributed by atoms with Gasteiger partial charge in [-0.1, -0.05) is 0 Å². The first-order valence-electron chi connectivity index (χ1n) is 5.65.